The van der Waals surface area contributed by atoms with Crippen molar-refractivity contribution >= 4 is 11.0 Å². The quantitative estimate of drug-likeness (QED) is 0.419. The van der Waals surface area contributed by atoms with Gasteiger partial charge in [-0.05, 0) is 23.3 Å². The molecular formula is C24H20O5. The highest BCUT2D eigenvalue weighted by atomic mass is 16.5. The molecule has 0 radical (unpaired) electrons. The van der Waals surface area contributed by atoms with Gasteiger partial charge in [-0.1, -0.05) is 60.7 Å². The summed E-state index contributed by atoms with van der Waals surface area (Å²) >= 11 is 0. The maximum atomic E-state index is 11.8. The lowest BCUT2D eigenvalue weighted by atomic mass is 10.2. The van der Waals surface area contributed by atoms with Crippen LogP contribution in [0.25, 0.3) is 11.0 Å². The predicted octanol–water partition coefficient (Wildman–Crippen LogP) is 4.96. The fourth-order valence-corrected chi connectivity index (χ4v) is 3.04. The number of fused-ring (bicyclic) bond motifs is 1. The summed E-state index contributed by atoms with van der Waals surface area (Å²) in [5.74, 6) is 1.24. The van der Waals surface area contributed by atoms with E-state index in [0.717, 1.165) is 11.1 Å². The molecule has 29 heavy (non-hydrogen) atoms. The molecule has 3 aromatic carbocycles. The Kier molecular flexibility index (Phi) is 5.47. The summed E-state index contributed by atoms with van der Waals surface area (Å²) in [4.78, 5) is 11.8. The zero-order valence-electron chi connectivity index (χ0n) is 16.0. The smallest absolute Gasteiger partial charge is 0.336 e. The summed E-state index contributed by atoms with van der Waals surface area (Å²) in [6, 6.07) is 24.4. The molecule has 0 aliphatic carbocycles. The molecule has 0 amide bonds. The van der Waals surface area contributed by atoms with Crippen molar-refractivity contribution in [1.82, 2.24) is 0 Å². The maximum absolute atomic E-state index is 11.8. The Balaban J connectivity index is 1.73. The van der Waals surface area contributed by atoms with Crippen LogP contribution in [0, 0.1) is 0 Å². The van der Waals surface area contributed by atoms with E-state index in [0.29, 0.717) is 41.4 Å². The van der Waals surface area contributed by atoms with E-state index in [1.54, 1.807) is 12.1 Å². The van der Waals surface area contributed by atoms with Crippen LogP contribution >= 0.6 is 0 Å². The number of rotatable bonds is 7. The van der Waals surface area contributed by atoms with Gasteiger partial charge in [0.05, 0.1) is 7.11 Å². The minimum absolute atomic E-state index is 0.299. The van der Waals surface area contributed by atoms with Crippen LogP contribution in [0.4, 0.5) is 0 Å². The van der Waals surface area contributed by atoms with E-state index in [4.69, 9.17) is 18.6 Å². The summed E-state index contributed by atoms with van der Waals surface area (Å²) in [6.45, 7) is 0.671. The average Bonchev–Trinajstić information content (AvgIpc) is 2.77. The molecule has 0 spiro atoms. The molecule has 1 aromatic heterocycles. The van der Waals surface area contributed by atoms with Gasteiger partial charge in [0, 0.05) is 11.5 Å². The maximum Gasteiger partial charge on any atom is 0.336 e. The van der Waals surface area contributed by atoms with Crippen molar-refractivity contribution in [1.29, 1.82) is 0 Å². The SMILES string of the molecule is COc1c(OCc2ccccc2)cc2ccc(=O)oc2c1OCc1ccccc1. The topological polar surface area (TPSA) is 57.9 Å². The van der Waals surface area contributed by atoms with E-state index in [2.05, 4.69) is 0 Å². The van der Waals surface area contributed by atoms with Crippen molar-refractivity contribution in [2.24, 2.45) is 0 Å². The van der Waals surface area contributed by atoms with E-state index in [1.807, 2.05) is 60.7 Å². The van der Waals surface area contributed by atoms with Crippen molar-refractivity contribution in [3.05, 3.63) is 100 Å². The van der Waals surface area contributed by atoms with Crippen LogP contribution in [0.3, 0.4) is 0 Å². The van der Waals surface area contributed by atoms with Crippen molar-refractivity contribution < 1.29 is 18.6 Å². The Morgan fingerprint density at radius 1 is 0.759 bits per heavy atom. The molecule has 0 aliphatic rings. The first-order valence-corrected chi connectivity index (χ1v) is 9.23. The molecule has 0 bridgehead atoms. The van der Waals surface area contributed by atoms with Gasteiger partial charge in [0.15, 0.2) is 11.3 Å². The summed E-state index contributed by atoms with van der Waals surface area (Å²) in [5, 5.41) is 0.691. The largest absolute Gasteiger partial charge is 0.490 e. The second-order valence-electron chi connectivity index (χ2n) is 6.46. The highest BCUT2D eigenvalue weighted by Crippen LogP contribution is 2.43. The first kappa shape index (κ1) is 18.6. The average molecular weight is 388 g/mol. The van der Waals surface area contributed by atoms with Crippen molar-refractivity contribution in [3.63, 3.8) is 0 Å². The van der Waals surface area contributed by atoms with Crippen molar-refractivity contribution in [3.8, 4) is 17.2 Å². The first-order chi connectivity index (χ1) is 14.2. The van der Waals surface area contributed by atoms with Crippen LogP contribution in [0.1, 0.15) is 11.1 Å². The fraction of sp³-hybridized carbons (Fsp3) is 0.125. The lowest BCUT2D eigenvalue weighted by Gasteiger charge is -2.17. The lowest BCUT2D eigenvalue weighted by molar-refractivity contribution is 0.257. The Morgan fingerprint density at radius 3 is 2.00 bits per heavy atom. The molecule has 4 aromatic rings. The first-order valence-electron chi connectivity index (χ1n) is 9.23. The molecule has 0 unspecified atom stereocenters. The fourth-order valence-electron chi connectivity index (χ4n) is 3.04. The zero-order valence-corrected chi connectivity index (χ0v) is 16.0. The molecule has 0 atom stereocenters. The highest BCUT2D eigenvalue weighted by molar-refractivity contribution is 5.88. The summed E-state index contributed by atoms with van der Waals surface area (Å²) in [6.07, 6.45) is 0. The molecule has 0 fully saturated rings. The third-order valence-electron chi connectivity index (χ3n) is 4.45. The van der Waals surface area contributed by atoms with Crippen LogP contribution in [0.5, 0.6) is 17.2 Å². The summed E-state index contributed by atoms with van der Waals surface area (Å²) in [5.41, 5.74) is 1.89. The Morgan fingerprint density at radius 2 is 1.38 bits per heavy atom. The third kappa shape index (κ3) is 4.24. The number of ether oxygens (including phenoxy) is 3. The Bertz CT molecular complexity index is 1150. The lowest BCUT2D eigenvalue weighted by Crippen LogP contribution is -2.04. The van der Waals surface area contributed by atoms with Crippen LogP contribution in [0.15, 0.2) is 88.1 Å². The van der Waals surface area contributed by atoms with Gasteiger partial charge in [-0.15, -0.1) is 0 Å². The Hall–Kier alpha value is -3.73. The standard InChI is InChI=1S/C24H20O5/c1-26-23-20(27-15-17-8-4-2-5-9-17)14-19-12-13-21(25)29-22(19)24(23)28-16-18-10-6-3-7-11-18/h2-14H,15-16H2,1H3. The van der Waals surface area contributed by atoms with Crippen LogP contribution < -0.4 is 19.8 Å². The Labute approximate surface area is 168 Å². The van der Waals surface area contributed by atoms with E-state index in [1.165, 1.54) is 13.2 Å². The van der Waals surface area contributed by atoms with Gasteiger partial charge in [-0.25, -0.2) is 4.79 Å². The van der Waals surface area contributed by atoms with Crippen LogP contribution in [0.2, 0.25) is 0 Å². The van der Waals surface area contributed by atoms with Crippen LogP contribution in [-0.4, -0.2) is 7.11 Å². The molecule has 0 saturated heterocycles. The number of hydrogen-bond donors (Lipinski definition) is 0. The third-order valence-corrected chi connectivity index (χ3v) is 4.45. The van der Waals surface area contributed by atoms with Gasteiger partial charge in [-0.3, -0.25) is 0 Å². The van der Waals surface area contributed by atoms with Gasteiger partial charge in [0.1, 0.15) is 13.2 Å². The number of hydrogen-bond acceptors (Lipinski definition) is 5. The van der Waals surface area contributed by atoms with E-state index >= 15 is 0 Å². The van der Waals surface area contributed by atoms with E-state index in [9.17, 15) is 4.79 Å². The van der Waals surface area contributed by atoms with Gasteiger partial charge < -0.3 is 18.6 Å². The minimum Gasteiger partial charge on any atom is -0.490 e. The molecule has 1 heterocycles. The molecule has 146 valence electrons. The highest BCUT2D eigenvalue weighted by Gasteiger charge is 2.20. The second-order valence-corrected chi connectivity index (χ2v) is 6.46. The molecule has 4 rings (SSSR count). The monoisotopic (exact) mass is 388 g/mol. The summed E-state index contributed by atoms with van der Waals surface area (Å²) < 4.78 is 23.1. The van der Waals surface area contributed by atoms with Gasteiger partial charge in [-0.2, -0.15) is 0 Å². The van der Waals surface area contributed by atoms with Crippen LogP contribution in [-0.2, 0) is 13.2 Å². The summed E-state index contributed by atoms with van der Waals surface area (Å²) in [7, 11) is 1.53. The molecule has 5 heteroatoms. The van der Waals surface area contributed by atoms with Crippen molar-refractivity contribution in [2.45, 2.75) is 13.2 Å². The molecule has 5 nitrogen and oxygen atoms in total. The van der Waals surface area contributed by atoms with Gasteiger partial charge in [0.2, 0.25) is 11.5 Å². The van der Waals surface area contributed by atoms with E-state index < -0.39 is 5.63 Å². The molecular weight excluding hydrogens is 368 g/mol. The second kappa shape index (κ2) is 8.52. The van der Waals surface area contributed by atoms with E-state index in [-0.39, 0.29) is 0 Å². The minimum atomic E-state index is -0.456. The predicted molar refractivity (Wildman–Crippen MR) is 111 cm³/mol. The normalized spacial score (nSPS) is 10.7. The van der Waals surface area contributed by atoms with Gasteiger partial charge >= 0.3 is 5.63 Å². The zero-order chi connectivity index (χ0) is 20.1. The van der Waals surface area contributed by atoms with Gasteiger partial charge in [0.25, 0.3) is 0 Å². The number of methoxy groups -OCH3 is 1. The molecule has 0 N–H and O–H groups in total. The molecule has 0 aliphatic heterocycles. The molecule has 0 saturated carbocycles. The number of benzene rings is 3. The van der Waals surface area contributed by atoms with Crippen molar-refractivity contribution in [2.75, 3.05) is 7.11 Å².